The molecule has 0 saturated heterocycles. The molecule has 3 aromatic carbocycles. The maximum absolute atomic E-state index is 14.7. The zero-order chi connectivity index (χ0) is 22.1. The Morgan fingerprint density at radius 3 is 2.55 bits per heavy atom. The minimum absolute atomic E-state index is 0.0328. The number of nitrogens with zero attached hydrogens (tertiary/aromatic N) is 1. The second kappa shape index (κ2) is 8.31. The zero-order valence-electron chi connectivity index (χ0n) is 15.7. The summed E-state index contributed by atoms with van der Waals surface area (Å²) in [6.45, 7) is 0. The van der Waals surface area contributed by atoms with E-state index in [-0.39, 0.29) is 33.5 Å². The molecule has 0 aliphatic carbocycles. The van der Waals surface area contributed by atoms with E-state index in [4.69, 9.17) is 38.4 Å². The van der Waals surface area contributed by atoms with Crippen LogP contribution in [0.2, 0.25) is 10.0 Å². The standard InChI is InChI=1S/C23H13Cl2FN2O3/c24-13-6-4-12(5-7-13)23(29)30-14-8-9-15-19(10-14)31-22(28)16(11-27)20(15)21-17(25)2-1-3-18(21)26/h1-10,20H,28H2. The van der Waals surface area contributed by atoms with Crippen LogP contribution in [0.25, 0.3) is 0 Å². The highest BCUT2D eigenvalue weighted by Crippen LogP contribution is 2.46. The molecule has 3 aromatic rings. The van der Waals surface area contributed by atoms with Gasteiger partial charge >= 0.3 is 5.97 Å². The van der Waals surface area contributed by atoms with Gasteiger partial charge in [-0.3, -0.25) is 0 Å². The van der Waals surface area contributed by atoms with Crippen LogP contribution >= 0.6 is 23.2 Å². The van der Waals surface area contributed by atoms with E-state index in [1.807, 2.05) is 6.07 Å². The van der Waals surface area contributed by atoms with E-state index in [9.17, 15) is 14.4 Å². The fraction of sp³-hybridized carbons (Fsp3) is 0.0435. The SMILES string of the molecule is N#CC1=C(N)Oc2cc(OC(=O)c3ccc(Cl)cc3)ccc2C1c1c(F)cccc1Cl. The van der Waals surface area contributed by atoms with Gasteiger partial charge < -0.3 is 15.2 Å². The van der Waals surface area contributed by atoms with E-state index in [2.05, 4.69) is 0 Å². The third-order valence-electron chi connectivity index (χ3n) is 4.77. The van der Waals surface area contributed by atoms with Crippen molar-refractivity contribution in [2.45, 2.75) is 5.92 Å². The Kier molecular flexibility index (Phi) is 5.55. The predicted molar refractivity (Wildman–Crippen MR) is 114 cm³/mol. The van der Waals surface area contributed by atoms with Crippen LogP contribution in [0.4, 0.5) is 4.39 Å². The number of fused-ring (bicyclic) bond motifs is 1. The maximum Gasteiger partial charge on any atom is 0.343 e. The van der Waals surface area contributed by atoms with E-state index >= 15 is 0 Å². The van der Waals surface area contributed by atoms with Crippen molar-refractivity contribution >= 4 is 29.2 Å². The highest BCUT2D eigenvalue weighted by Gasteiger charge is 2.34. The molecule has 1 aliphatic rings. The first-order valence-electron chi connectivity index (χ1n) is 9.02. The van der Waals surface area contributed by atoms with Gasteiger partial charge in [-0.25, -0.2) is 9.18 Å². The van der Waals surface area contributed by atoms with Crippen LogP contribution < -0.4 is 15.2 Å². The molecule has 0 amide bonds. The smallest absolute Gasteiger partial charge is 0.343 e. The summed E-state index contributed by atoms with van der Waals surface area (Å²) in [5.74, 6) is -1.82. The number of hydrogen-bond acceptors (Lipinski definition) is 5. The van der Waals surface area contributed by atoms with Crippen LogP contribution in [0, 0.1) is 17.1 Å². The van der Waals surface area contributed by atoms with Crippen LogP contribution in [-0.2, 0) is 0 Å². The molecular weight excluding hydrogens is 442 g/mol. The molecule has 0 saturated carbocycles. The molecule has 1 heterocycles. The molecule has 154 valence electrons. The molecule has 0 bridgehead atoms. The lowest BCUT2D eigenvalue weighted by Crippen LogP contribution is -2.22. The maximum atomic E-state index is 14.7. The second-order valence-corrected chi connectivity index (χ2v) is 7.50. The Morgan fingerprint density at radius 2 is 1.87 bits per heavy atom. The third kappa shape index (κ3) is 3.93. The summed E-state index contributed by atoms with van der Waals surface area (Å²) in [7, 11) is 0. The average Bonchev–Trinajstić information content (AvgIpc) is 2.73. The van der Waals surface area contributed by atoms with Gasteiger partial charge in [0.05, 0.1) is 11.5 Å². The lowest BCUT2D eigenvalue weighted by Gasteiger charge is -2.27. The van der Waals surface area contributed by atoms with E-state index < -0.39 is 17.7 Å². The van der Waals surface area contributed by atoms with Crippen LogP contribution in [0.1, 0.15) is 27.4 Å². The van der Waals surface area contributed by atoms with Gasteiger partial charge in [-0.15, -0.1) is 0 Å². The number of nitriles is 1. The largest absolute Gasteiger partial charge is 0.440 e. The molecule has 31 heavy (non-hydrogen) atoms. The zero-order valence-corrected chi connectivity index (χ0v) is 17.2. The lowest BCUT2D eigenvalue weighted by molar-refractivity contribution is 0.0734. The van der Waals surface area contributed by atoms with Crippen molar-refractivity contribution in [1.82, 2.24) is 0 Å². The van der Waals surface area contributed by atoms with Crippen molar-refractivity contribution in [2.75, 3.05) is 0 Å². The van der Waals surface area contributed by atoms with E-state index in [1.54, 1.807) is 18.2 Å². The topological polar surface area (TPSA) is 85.3 Å². The second-order valence-electron chi connectivity index (χ2n) is 6.66. The van der Waals surface area contributed by atoms with Crippen LogP contribution in [0.3, 0.4) is 0 Å². The number of allylic oxidation sites excluding steroid dienone is 1. The average molecular weight is 455 g/mol. The molecule has 8 heteroatoms. The van der Waals surface area contributed by atoms with E-state index in [0.29, 0.717) is 16.1 Å². The number of rotatable bonds is 3. The summed E-state index contributed by atoms with van der Waals surface area (Å²) < 4.78 is 25.6. The molecule has 5 nitrogen and oxygen atoms in total. The fourth-order valence-corrected chi connectivity index (χ4v) is 3.73. The number of nitrogens with two attached hydrogens (primary N) is 1. The van der Waals surface area contributed by atoms with Crippen molar-refractivity contribution in [3.8, 4) is 17.6 Å². The summed E-state index contributed by atoms with van der Waals surface area (Å²) in [4.78, 5) is 12.4. The molecule has 1 aliphatic heterocycles. The molecule has 1 atom stereocenters. The molecule has 0 spiro atoms. The molecule has 0 fully saturated rings. The summed E-state index contributed by atoms with van der Waals surface area (Å²) >= 11 is 12.1. The number of halogens is 3. The van der Waals surface area contributed by atoms with E-state index in [0.717, 1.165) is 0 Å². The molecule has 0 radical (unpaired) electrons. The molecule has 2 N–H and O–H groups in total. The lowest BCUT2D eigenvalue weighted by atomic mass is 9.83. The normalized spacial score (nSPS) is 15.0. The fourth-order valence-electron chi connectivity index (χ4n) is 3.33. The predicted octanol–water partition coefficient (Wildman–Crippen LogP) is 5.57. The van der Waals surface area contributed by atoms with Crippen molar-refractivity contribution in [3.05, 3.63) is 105 Å². The minimum atomic E-state index is -0.872. The number of hydrogen-bond donors (Lipinski definition) is 1. The van der Waals surface area contributed by atoms with Gasteiger partial charge in [0, 0.05) is 27.2 Å². The van der Waals surface area contributed by atoms with Crippen LogP contribution in [0.15, 0.2) is 72.1 Å². The summed E-state index contributed by atoms with van der Waals surface area (Å²) in [5.41, 5.74) is 6.85. The number of ether oxygens (including phenoxy) is 2. The van der Waals surface area contributed by atoms with Gasteiger partial charge in [0.1, 0.15) is 29.0 Å². The summed E-state index contributed by atoms with van der Waals surface area (Å²) in [6.07, 6.45) is 0. The first-order chi connectivity index (χ1) is 14.9. The molecule has 4 rings (SSSR count). The quantitative estimate of drug-likeness (QED) is 0.412. The van der Waals surface area contributed by atoms with Gasteiger partial charge in [-0.1, -0.05) is 35.3 Å². The molecule has 0 aromatic heterocycles. The molecular formula is C23H13Cl2FN2O3. The summed E-state index contributed by atoms with van der Waals surface area (Å²) in [6, 6.07) is 17.0. The van der Waals surface area contributed by atoms with Gasteiger partial charge in [-0.2, -0.15) is 5.26 Å². The summed E-state index contributed by atoms with van der Waals surface area (Å²) in [5, 5.41) is 10.2. The monoisotopic (exact) mass is 454 g/mol. The Balaban J connectivity index is 1.73. The van der Waals surface area contributed by atoms with Gasteiger partial charge in [-0.05, 0) is 42.5 Å². The first-order valence-corrected chi connectivity index (χ1v) is 9.78. The van der Waals surface area contributed by atoms with Gasteiger partial charge in [0.25, 0.3) is 0 Å². The first kappa shape index (κ1) is 20.7. The number of esters is 1. The number of benzene rings is 3. The van der Waals surface area contributed by atoms with Gasteiger partial charge in [0.15, 0.2) is 0 Å². The number of carbonyl (C=O) groups excluding carboxylic acids is 1. The highest BCUT2D eigenvalue weighted by molar-refractivity contribution is 6.31. The number of carbonyl (C=O) groups is 1. The third-order valence-corrected chi connectivity index (χ3v) is 5.35. The van der Waals surface area contributed by atoms with Gasteiger partial charge in [0.2, 0.25) is 5.88 Å². The highest BCUT2D eigenvalue weighted by atomic mass is 35.5. The van der Waals surface area contributed by atoms with Crippen LogP contribution in [0.5, 0.6) is 11.5 Å². The van der Waals surface area contributed by atoms with Crippen LogP contribution in [-0.4, -0.2) is 5.97 Å². The Bertz CT molecular complexity index is 1250. The Morgan fingerprint density at radius 1 is 1.13 bits per heavy atom. The van der Waals surface area contributed by atoms with Crippen molar-refractivity contribution in [3.63, 3.8) is 0 Å². The molecule has 1 unspecified atom stereocenters. The Hall–Kier alpha value is -3.53. The van der Waals surface area contributed by atoms with Crippen molar-refractivity contribution in [1.29, 1.82) is 5.26 Å². The Labute approximate surface area is 187 Å². The minimum Gasteiger partial charge on any atom is -0.440 e. The van der Waals surface area contributed by atoms with E-state index in [1.165, 1.54) is 42.5 Å². The van der Waals surface area contributed by atoms with Crippen molar-refractivity contribution in [2.24, 2.45) is 5.73 Å². The van der Waals surface area contributed by atoms with Crippen molar-refractivity contribution < 1.29 is 18.7 Å².